The van der Waals surface area contributed by atoms with Gasteiger partial charge in [-0.1, -0.05) is 27.7 Å². The lowest BCUT2D eigenvalue weighted by Gasteiger charge is -2.21. The molecule has 184 valence electrons. The second-order valence-electron chi connectivity index (χ2n) is 9.26. The number of rotatable bonds is 10. The largest absolute Gasteiger partial charge is 0.493 e. The third-order valence-electron chi connectivity index (χ3n) is 5.69. The second kappa shape index (κ2) is 10.4. The highest BCUT2D eigenvalue weighted by Gasteiger charge is 2.21. The molecule has 0 saturated heterocycles. The lowest BCUT2D eigenvalue weighted by Crippen LogP contribution is -2.26. The summed E-state index contributed by atoms with van der Waals surface area (Å²) in [4.78, 5) is 13.3. The monoisotopic (exact) mass is 469 g/mol. The van der Waals surface area contributed by atoms with Crippen LogP contribution in [-0.4, -0.2) is 50.1 Å². The minimum atomic E-state index is -0.185. The Balaban J connectivity index is 1.99. The van der Waals surface area contributed by atoms with Crippen molar-refractivity contribution in [1.29, 1.82) is 5.41 Å². The lowest BCUT2D eigenvalue weighted by atomic mass is 9.85. The fourth-order valence-corrected chi connectivity index (χ4v) is 3.73. The van der Waals surface area contributed by atoms with E-state index in [1.165, 1.54) is 9.20 Å². The molecular formula is C25H35N5O4. The maximum absolute atomic E-state index is 13.3. The molecule has 0 aliphatic heterocycles. The molecule has 2 N–H and O–H groups in total. The Labute approximate surface area is 199 Å². The molecule has 0 radical (unpaired) electrons. The average Bonchev–Trinajstić information content (AvgIpc) is 3.09. The molecule has 1 aromatic carbocycles. The number of fused-ring (bicyclic) bond motifs is 1. The van der Waals surface area contributed by atoms with Crippen molar-refractivity contribution < 1.29 is 19.4 Å². The highest BCUT2D eigenvalue weighted by Crippen LogP contribution is 2.28. The number of aliphatic hydroxyl groups excluding tert-OH is 1. The Kier molecular flexibility index (Phi) is 7.76. The summed E-state index contributed by atoms with van der Waals surface area (Å²) in [5.41, 5.74) is 3.64. The first-order valence-electron chi connectivity index (χ1n) is 11.7. The van der Waals surface area contributed by atoms with Gasteiger partial charge in [0.1, 0.15) is 12.3 Å². The molecule has 3 rings (SSSR count). The van der Waals surface area contributed by atoms with Gasteiger partial charge < -0.3 is 14.6 Å². The second-order valence-corrected chi connectivity index (χ2v) is 9.26. The van der Waals surface area contributed by atoms with Crippen molar-refractivity contribution in [3.05, 3.63) is 46.1 Å². The van der Waals surface area contributed by atoms with Crippen molar-refractivity contribution in [2.24, 2.45) is 0 Å². The summed E-state index contributed by atoms with van der Waals surface area (Å²) in [6, 6.07) is 5.50. The van der Waals surface area contributed by atoms with E-state index in [1.54, 1.807) is 6.07 Å². The van der Waals surface area contributed by atoms with Gasteiger partial charge in [0.05, 0.1) is 13.2 Å². The van der Waals surface area contributed by atoms with Crippen LogP contribution in [0.2, 0.25) is 0 Å². The van der Waals surface area contributed by atoms with Crippen molar-refractivity contribution in [3.8, 4) is 11.6 Å². The van der Waals surface area contributed by atoms with Gasteiger partial charge in [-0.2, -0.15) is 4.52 Å². The first kappa shape index (κ1) is 25.4. The topological polar surface area (TPSA) is 115 Å². The van der Waals surface area contributed by atoms with Gasteiger partial charge in [-0.3, -0.25) is 10.2 Å². The molecule has 0 saturated carbocycles. The summed E-state index contributed by atoms with van der Waals surface area (Å²) in [6.07, 6.45) is 1.24. The number of aliphatic hydroxyl groups is 1. The van der Waals surface area contributed by atoms with E-state index in [0.29, 0.717) is 42.5 Å². The first-order valence-corrected chi connectivity index (χ1v) is 11.7. The zero-order valence-electron chi connectivity index (χ0n) is 20.9. The van der Waals surface area contributed by atoms with Crippen molar-refractivity contribution in [3.63, 3.8) is 0 Å². The van der Waals surface area contributed by atoms with Crippen LogP contribution in [0.25, 0.3) is 5.65 Å². The molecule has 0 aliphatic carbocycles. The van der Waals surface area contributed by atoms with Gasteiger partial charge in [0, 0.05) is 29.7 Å². The van der Waals surface area contributed by atoms with Crippen LogP contribution in [0, 0.1) is 12.3 Å². The lowest BCUT2D eigenvalue weighted by molar-refractivity contribution is 0.0964. The van der Waals surface area contributed by atoms with E-state index in [9.17, 15) is 4.79 Å². The Morgan fingerprint density at radius 3 is 2.50 bits per heavy atom. The number of aryl methyl sites for hydroxylation is 1. The number of ether oxygens (including phenoxy) is 2. The van der Waals surface area contributed by atoms with Gasteiger partial charge in [0.15, 0.2) is 11.4 Å². The summed E-state index contributed by atoms with van der Waals surface area (Å²) in [5.74, 6) is 0.891. The number of nitrogens with zero attached hydrogens (tertiary/aromatic N) is 4. The zero-order chi connectivity index (χ0) is 25.0. The molecule has 0 bridgehead atoms. The van der Waals surface area contributed by atoms with E-state index < -0.39 is 0 Å². The van der Waals surface area contributed by atoms with Gasteiger partial charge in [-0.25, -0.2) is 4.68 Å². The maximum atomic E-state index is 13.3. The van der Waals surface area contributed by atoms with Crippen molar-refractivity contribution in [1.82, 2.24) is 19.4 Å². The Morgan fingerprint density at radius 2 is 1.88 bits per heavy atom. The van der Waals surface area contributed by atoms with E-state index in [0.717, 1.165) is 23.1 Å². The van der Waals surface area contributed by atoms with Crippen LogP contribution in [0.1, 0.15) is 68.1 Å². The summed E-state index contributed by atoms with van der Waals surface area (Å²) < 4.78 is 14.2. The smallest absolute Gasteiger partial charge is 0.242 e. The van der Waals surface area contributed by atoms with Gasteiger partial charge in [0.2, 0.25) is 11.5 Å². The van der Waals surface area contributed by atoms with Crippen LogP contribution < -0.4 is 15.1 Å². The molecule has 3 aromatic rings. The number of nitrogens with one attached hydrogen (secondary N) is 1. The number of ketones is 1. The summed E-state index contributed by atoms with van der Waals surface area (Å²) in [5, 5.41) is 26.6. The first-order chi connectivity index (χ1) is 16.1. The minimum Gasteiger partial charge on any atom is -0.493 e. The standard InChI is InChI=1S/C25H35N5O4/c1-7-20-16(3)22-27-29(24(26)30(22)28-23(20)33-8-2)15-21(32)17-12-18(25(4,5)6)14-19(13-17)34-11-9-10-31/h12-14,26,31H,7-11,15H2,1-6H3. The average molecular weight is 470 g/mol. The predicted octanol–water partition coefficient (Wildman–Crippen LogP) is 3.22. The molecule has 0 amide bonds. The van der Waals surface area contributed by atoms with Gasteiger partial charge in [-0.15, -0.1) is 10.2 Å². The number of hydrogen-bond donors (Lipinski definition) is 2. The molecule has 0 unspecified atom stereocenters. The number of hydrogen-bond acceptors (Lipinski definition) is 7. The van der Waals surface area contributed by atoms with Crippen LogP contribution in [0.4, 0.5) is 0 Å². The van der Waals surface area contributed by atoms with E-state index in [4.69, 9.17) is 20.0 Å². The predicted molar refractivity (Wildman–Crippen MR) is 129 cm³/mol. The molecule has 2 heterocycles. The zero-order valence-corrected chi connectivity index (χ0v) is 20.9. The van der Waals surface area contributed by atoms with Crippen LogP contribution >= 0.6 is 0 Å². The van der Waals surface area contributed by atoms with Crippen LogP contribution in [0.15, 0.2) is 18.2 Å². The summed E-state index contributed by atoms with van der Waals surface area (Å²) in [7, 11) is 0. The summed E-state index contributed by atoms with van der Waals surface area (Å²) >= 11 is 0. The molecule has 0 spiro atoms. The Bertz CT molecular complexity index is 1240. The van der Waals surface area contributed by atoms with E-state index >= 15 is 0 Å². The third kappa shape index (κ3) is 5.30. The van der Waals surface area contributed by atoms with Crippen molar-refractivity contribution >= 4 is 11.4 Å². The SMILES string of the molecule is CCOc1nn2c(=N)n(CC(=O)c3cc(OCCCO)cc(C(C)(C)C)c3)nc2c(C)c1CC. The molecule has 0 aliphatic rings. The van der Waals surface area contributed by atoms with Gasteiger partial charge in [0.25, 0.3) is 0 Å². The number of Topliss-reactive ketones (excluding diaryl/α,β-unsaturated/α-hetero) is 1. The van der Waals surface area contributed by atoms with Crippen LogP contribution in [-0.2, 0) is 18.4 Å². The van der Waals surface area contributed by atoms with Gasteiger partial charge in [-0.05, 0) is 49.4 Å². The fraction of sp³-hybridized carbons (Fsp3) is 0.520. The van der Waals surface area contributed by atoms with E-state index in [-0.39, 0.29) is 30.0 Å². The maximum Gasteiger partial charge on any atom is 0.242 e. The quantitative estimate of drug-likeness (QED) is 0.348. The van der Waals surface area contributed by atoms with E-state index in [1.807, 2.05) is 32.9 Å². The molecule has 0 fully saturated rings. The minimum absolute atomic E-state index is 0.00134. The number of aromatic nitrogens is 4. The van der Waals surface area contributed by atoms with Crippen molar-refractivity contribution in [2.75, 3.05) is 19.8 Å². The van der Waals surface area contributed by atoms with Gasteiger partial charge >= 0.3 is 0 Å². The van der Waals surface area contributed by atoms with Crippen molar-refractivity contribution in [2.45, 2.75) is 66.3 Å². The van der Waals surface area contributed by atoms with Crippen LogP contribution in [0.3, 0.4) is 0 Å². The van der Waals surface area contributed by atoms with Crippen LogP contribution in [0.5, 0.6) is 11.6 Å². The number of benzene rings is 1. The molecule has 2 aromatic heterocycles. The molecule has 34 heavy (non-hydrogen) atoms. The molecule has 9 nitrogen and oxygen atoms in total. The highest BCUT2D eigenvalue weighted by molar-refractivity contribution is 5.96. The molecule has 0 atom stereocenters. The number of carbonyl (C=O) groups excluding carboxylic acids is 1. The normalized spacial score (nSPS) is 11.7. The number of carbonyl (C=O) groups is 1. The Hall–Kier alpha value is -3.20. The fourth-order valence-electron chi connectivity index (χ4n) is 3.73. The Morgan fingerprint density at radius 1 is 1.15 bits per heavy atom. The molecular weight excluding hydrogens is 434 g/mol. The highest BCUT2D eigenvalue weighted by atomic mass is 16.5. The molecule has 9 heteroatoms. The van der Waals surface area contributed by atoms with E-state index in [2.05, 4.69) is 31.0 Å². The third-order valence-corrected chi connectivity index (χ3v) is 5.69. The summed E-state index contributed by atoms with van der Waals surface area (Å²) in [6.45, 7) is 12.8.